The van der Waals surface area contributed by atoms with E-state index >= 15 is 0 Å². The fourth-order valence-corrected chi connectivity index (χ4v) is 3.05. The summed E-state index contributed by atoms with van der Waals surface area (Å²) in [4.78, 5) is 12.5. The number of aliphatic hydroxyl groups excluding tert-OH is 1. The molecule has 2 heterocycles. The van der Waals surface area contributed by atoms with E-state index in [1.165, 1.54) is 4.88 Å². The van der Waals surface area contributed by atoms with Gasteiger partial charge in [-0.15, -0.1) is 11.3 Å². The van der Waals surface area contributed by atoms with Crippen molar-refractivity contribution >= 4 is 17.3 Å². The van der Waals surface area contributed by atoms with Crippen LogP contribution >= 0.6 is 11.3 Å². The van der Waals surface area contributed by atoms with Gasteiger partial charge in [0.15, 0.2) is 5.96 Å². The summed E-state index contributed by atoms with van der Waals surface area (Å²) in [7, 11) is 0. The molecule has 0 amide bonds. The lowest BCUT2D eigenvalue weighted by molar-refractivity contribution is 0.108. The molecular formula is C14H24N4OS. The van der Waals surface area contributed by atoms with Gasteiger partial charge < -0.3 is 15.3 Å². The molecule has 1 aliphatic heterocycles. The normalized spacial score (nSPS) is 17.6. The van der Waals surface area contributed by atoms with Crippen molar-refractivity contribution in [1.29, 1.82) is 0 Å². The average molecular weight is 296 g/mol. The first-order valence-corrected chi connectivity index (χ1v) is 8.13. The molecule has 6 heteroatoms. The fourth-order valence-electron chi connectivity index (χ4n) is 2.28. The van der Waals surface area contributed by atoms with Crippen molar-refractivity contribution in [3.8, 4) is 0 Å². The Morgan fingerprint density at radius 3 is 2.90 bits per heavy atom. The lowest BCUT2D eigenvalue weighted by Gasteiger charge is -2.32. The minimum absolute atomic E-state index is 0.146. The first-order chi connectivity index (χ1) is 9.69. The summed E-state index contributed by atoms with van der Waals surface area (Å²) in [5, 5.41) is 14.1. The quantitative estimate of drug-likeness (QED) is 0.651. The summed E-state index contributed by atoms with van der Waals surface area (Å²) < 4.78 is 0. The van der Waals surface area contributed by atoms with Gasteiger partial charge in [-0.05, 0) is 26.7 Å². The van der Waals surface area contributed by atoms with Crippen molar-refractivity contribution in [2.24, 2.45) is 4.99 Å². The molecule has 0 aromatic carbocycles. The number of likely N-dealkylation sites (tertiary alicyclic amines) is 1. The predicted octanol–water partition coefficient (Wildman–Crippen LogP) is 1.42. The summed E-state index contributed by atoms with van der Waals surface area (Å²) in [6.45, 7) is 7.54. The molecule has 0 aliphatic carbocycles. The molecule has 112 valence electrons. The van der Waals surface area contributed by atoms with E-state index in [1.807, 2.05) is 6.20 Å². The van der Waals surface area contributed by atoms with Crippen LogP contribution in [0.4, 0.5) is 0 Å². The number of guanidine groups is 1. The second-order valence-electron chi connectivity index (χ2n) is 5.07. The van der Waals surface area contributed by atoms with Gasteiger partial charge in [0.2, 0.25) is 0 Å². The topological polar surface area (TPSA) is 60.8 Å². The first-order valence-electron chi connectivity index (χ1n) is 7.31. The van der Waals surface area contributed by atoms with E-state index in [0.29, 0.717) is 0 Å². The number of nitrogens with zero attached hydrogens (tertiary/aromatic N) is 3. The maximum atomic E-state index is 9.57. The number of aryl methyl sites for hydroxylation is 1. The zero-order valence-electron chi connectivity index (χ0n) is 12.3. The maximum Gasteiger partial charge on any atom is 0.193 e. The van der Waals surface area contributed by atoms with Crippen LogP contribution in [0, 0.1) is 6.92 Å². The fraction of sp³-hybridized carbons (Fsp3) is 0.714. The Morgan fingerprint density at radius 2 is 2.30 bits per heavy atom. The summed E-state index contributed by atoms with van der Waals surface area (Å²) >= 11 is 1.74. The van der Waals surface area contributed by atoms with Crippen molar-refractivity contribution < 1.29 is 5.11 Å². The van der Waals surface area contributed by atoms with Crippen LogP contribution in [0.3, 0.4) is 0 Å². The lowest BCUT2D eigenvalue weighted by atomic mass is 10.1. The van der Waals surface area contributed by atoms with Gasteiger partial charge in [-0.1, -0.05) is 0 Å². The van der Waals surface area contributed by atoms with E-state index in [1.54, 1.807) is 11.3 Å². The van der Waals surface area contributed by atoms with Crippen LogP contribution in [0.2, 0.25) is 0 Å². The zero-order chi connectivity index (χ0) is 14.4. The molecule has 0 radical (unpaired) electrons. The standard InChI is InChI=1S/C14H24N4OS/c1-3-15-14(18-8-5-12(19)6-9-18)16-7-4-13-17-10-11(2)20-13/h10,12,19H,3-9H2,1-2H3,(H,15,16). The second kappa shape index (κ2) is 7.59. The van der Waals surface area contributed by atoms with Crippen LogP contribution in [0.15, 0.2) is 11.2 Å². The van der Waals surface area contributed by atoms with Crippen molar-refractivity contribution in [3.05, 3.63) is 16.1 Å². The molecule has 0 bridgehead atoms. The van der Waals surface area contributed by atoms with E-state index < -0.39 is 0 Å². The minimum Gasteiger partial charge on any atom is -0.393 e. The second-order valence-corrected chi connectivity index (χ2v) is 6.39. The van der Waals surface area contributed by atoms with Gasteiger partial charge in [0.05, 0.1) is 11.1 Å². The molecule has 1 saturated heterocycles. The summed E-state index contributed by atoms with van der Waals surface area (Å²) in [5.74, 6) is 0.965. The molecule has 5 nitrogen and oxygen atoms in total. The number of rotatable bonds is 4. The zero-order valence-corrected chi connectivity index (χ0v) is 13.1. The van der Waals surface area contributed by atoms with Crippen LogP contribution < -0.4 is 5.32 Å². The SMILES string of the molecule is CCNC(=NCCc1ncc(C)s1)N1CCC(O)CC1. The minimum atomic E-state index is -0.146. The highest BCUT2D eigenvalue weighted by Crippen LogP contribution is 2.12. The molecule has 1 aromatic rings. The van der Waals surface area contributed by atoms with E-state index in [2.05, 4.69) is 34.0 Å². The number of nitrogens with one attached hydrogen (secondary N) is 1. The van der Waals surface area contributed by atoms with Crippen LogP contribution in [-0.2, 0) is 6.42 Å². The van der Waals surface area contributed by atoms with Crippen molar-refractivity contribution in [3.63, 3.8) is 0 Å². The molecule has 1 aromatic heterocycles. The highest BCUT2D eigenvalue weighted by atomic mass is 32.1. The molecule has 20 heavy (non-hydrogen) atoms. The molecule has 1 aliphatic rings. The van der Waals surface area contributed by atoms with Crippen molar-refractivity contribution in [2.75, 3.05) is 26.2 Å². The molecule has 2 rings (SSSR count). The Bertz CT molecular complexity index is 438. The van der Waals surface area contributed by atoms with Gasteiger partial charge in [0.1, 0.15) is 0 Å². The van der Waals surface area contributed by atoms with E-state index in [-0.39, 0.29) is 6.10 Å². The highest BCUT2D eigenvalue weighted by molar-refractivity contribution is 7.11. The first kappa shape index (κ1) is 15.3. The molecule has 0 atom stereocenters. The highest BCUT2D eigenvalue weighted by Gasteiger charge is 2.19. The van der Waals surface area contributed by atoms with E-state index in [9.17, 15) is 5.11 Å². The Morgan fingerprint density at radius 1 is 1.55 bits per heavy atom. The molecule has 0 unspecified atom stereocenters. The maximum absolute atomic E-state index is 9.57. The number of hydrogen-bond acceptors (Lipinski definition) is 4. The number of hydrogen-bond donors (Lipinski definition) is 2. The third kappa shape index (κ3) is 4.45. The number of piperidine rings is 1. The van der Waals surface area contributed by atoms with Crippen LogP contribution in [-0.4, -0.2) is 53.2 Å². The number of aromatic nitrogens is 1. The Kier molecular flexibility index (Phi) is 5.79. The Hall–Kier alpha value is -1.14. The third-order valence-corrected chi connectivity index (χ3v) is 4.33. The van der Waals surface area contributed by atoms with Crippen molar-refractivity contribution in [1.82, 2.24) is 15.2 Å². The van der Waals surface area contributed by atoms with Gasteiger partial charge in [-0.3, -0.25) is 4.99 Å². The smallest absolute Gasteiger partial charge is 0.193 e. The molecule has 0 saturated carbocycles. The number of thiazole rings is 1. The van der Waals surface area contributed by atoms with E-state index in [4.69, 9.17) is 0 Å². The van der Waals surface area contributed by atoms with Crippen LogP contribution in [0.1, 0.15) is 29.7 Å². The third-order valence-electron chi connectivity index (χ3n) is 3.36. The van der Waals surface area contributed by atoms with E-state index in [0.717, 1.165) is 56.4 Å². The van der Waals surface area contributed by atoms with Crippen LogP contribution in [0.5, 0.6) is 0 Å². The molecule has 0 spiro atoms. The van der Waals surface area contributed by atoms with Gasteiger partial charge in [-0.2, -0.15) is 0 Å². The largest absolute Gasteiger partial charge is 0.393 e. The van der Waals surface area contributed by atoms with Crippen LogP contribution in [0.25, 0.3) is 0 Å². The van der Waals surface area contributed by atoms with Gasteiger partial charge in [0, 0.05) is 43.7 Å². The summed E-state index contributed by atoms with van der Waals surface area (Å²) in [6, 6.07) is 0. The van der Waals surface area contributed by atoms with Gasteiger partial charge in [-0.25, -0.2) is 4.98 Å². The summed E-state index contributed by atoms with van der Waals surface area (Å²) in [6.07, 6.45) is 4.32. The average Bonchev–Trinajstić information content (AvgIpc) is 2.84. The molecule has 2 N–H and O–H groups in total. The van der Waals surface area contributed by atoms with Gasteiger partial charge in [0.25, 0.3) is 0 Å². The monoisotopic (exact) mass is 296 g/mol. The molecular weight excluding hydrogens is 272 g/mol. The lowest BCUT2D eigenvalue weighted by Crippen LogP contribution is -2.46. The summed E-state index contributed by atoms with van der Waals surface area (Å²) in [5.41, 5.74) is 0. The predicted molar refractivity (Wildman–Crippen MR) is 83.3 cm³/mol. The van der Waals surface area contributed by atoms with Crippen molar-refractivity contribution in [2.45, 2.75) is 39.2 Å². The molecule has 1 fully saturated rings. The number of aliphatic hydroxyl groups is 1. The van der Waals surface area contributed by atoms with Gasteiger partial charge >= 0.3 is 0 Å². The Labute approximate surface area is 124 Å². The number of aliphatic imine (C=N–C) groups is 1. The Balaban J connectivity index is 1.88.